The molecule has 0 spiro atoms. The molecule has 0 bridgehead atoms. The molecule has 28 heavy (non-hydrogen) atoms. The molecule has 2 aromatic rings. The second-order valence-corrected chi connectivity index (χ2v) is 8.78. The first kappa shape index (κ1) is 20.4. The van der Waals surface area contributed by atoms with Crippen LogP contribution in [0.25, 0.3) is 0 Å². The highest BCUT2D eigenvalue weighted by molar-refractivity contribution is 7.89. The van der Waals surface area contributed by atoms with Gasteiger partial charge in [0.05, 0.1) is 22.3 Å². The number of amides is 1. The molecular weight excluding hydrogens is 374 g/mol. The average molecular weight is 402 g/mol. The lowest BCUT2D eigenvalue weighted by Gasteiger charge is -2.26. The molecule has 3 rings (SSSR count). The van der Waals surface area contributed by atoms with Gasteiger partial charge in [-0.1, -0.05) is 43.2 Å². The molecule has 0 aliphatic carbocycles. The fourth-order valence-electron chi connectivity index (χ4n) is 3.36. The average Bonchev–Trinajstić information content (AvgIpc) is 2.98. The summed E-state index contributed by atoms with van der Waals surface area (Å²) in [7, 11) is -3.75. The molecule has 0 aromatic heterocycles. The van der Waals surface area contributed by atoms with Gasteiger partial charge in [0.1, 0.15) is 0 Å². The van der Waals surface area contributed by atoms with E-state index in [0.717, 1.165) is 31.6 Å². The van der Waals surface area contributed by atoms with Gasteiger partial charge in [-0.25, -0.2) is 8.42 Å². The van der Waals surface area contributed by atoms with Crippen molar-refractivity contribution < 1.29 is 13.2 Å². The second kappa shape index (κ2) is 9.21. The molecule has 6 nitrogen and oxygen atoms in total. The third-order valence-corrected chi connectivity index (χ3v) is 6.44. The molecule has 7 heteroatoms. The van der Waals surface area contributed by atoms with Crippen LogP contribution in [0.5, 0.6) is 0 Å². The van der Waals surface area contributed by atoms with Crippen LogP contribution >= 0.6 is 0 Å². The number of carbonyl (C=O) groups is 1. The van der Waals surface area contributed by atoms with Crippen LogP contribution in [0.2, 0.25) is 0 Å². The van der Waals surface area contributed by atoms with Crippen molar-refractivity contribution in [2.24, 2.45) is 0 Å². The van der Waals surface area contributed by atoms with Crippen molar-refractivity contribution in [3.63, 3.8) is 0 Å². The topological polar surface area (TPSA) is 78.5 Å². The summed E-state index contributed by atoms with van der Waals surface area (Å²) in [5, 5.41) is 2.89. The van der Waals surface area contributed by atoms with Gasteiger partial charge in [0.15, 0.2) is 0 Å². The molecule has 2 aromatic carbocycles. The van der Waals surface area contributed by atoms with Crippen LogP contribution in [0.15, 0.2) is 59.5 Å². The van der Waals surface area contributed by atoms with Crippen molar-refractivity contribution in [3.8, 4) is 0 Å². The van der Waals surface area contributed by atoms with E-state index in [9.17, 15) is 13.2 Å². The van der Waals surface area contributed by atoms with Gasteiger partial charge in [0.25, 0.3) is 0 Å². The third kappa shape index (κ3) is 5.11. The molecule has 2 N–H and O–H groups in total. The van der Waals surface area contributed by atoms with Crippen LogP contribution in [0, 0.1) is 0 Å². The van der Waals surface area contributed by atoms with Crippen molar-refractivity contribution in [3.05, 3.63) is 54.6 Å². The maximum Gasteiger partial charge on any atom is 0.242 e. The molecule has 150 valence electrons. The van der Waals surface area contributed by atoms with E-state index in [1.54, 1.807) is 25.1 Å². The maximum atomic E-state index is 12.7. The van der Waals surface area contributed by atoms with Gasteiger partial charge in [-0.2, -0.15) is 4.72 Å². The number of benzene rings is 2. The summed E-state index contributed by atoms with van der Waals surface area (Å²) in [5.41, 5.74) is 1.69. The lowest BCUT2D eigenvalue weighted by molar-refractivity contribution is -0.117. The highest BCUT2D eigenvalue weighted by Crippen LogP contribution is 2.28. The van der Waals surface area contributed by atoms with Gasteiger partial charge < -0.3 is 10.2 Å². The minimum absolute atomic E-state index is 0.139. The predicted octanol–water partition coefficient (Wildman–Crippen LogP) is 3.37. The quantitative estimate of drug-likeness (QED) is 0.778. The molecule has 0 unspecified atom stereocenters. The Morgan fingerprint density at radius 2 is 1.54 bits per heavy atom. The highest BCUT2D eigenvalue weighted by Gasteiger charge is 2.23. The van der Waals surface area contributed by atoms with E-state index in [2.05, 4.69) is 14.9 Å². The Labute approximate surface area is 167 Å². The summed E-state index contributed by atoms with van der Waals surface area (Å²) in [6, 6.07) is 14.8. The fraction of sp³-hybridized carbons (Fsp3) is 0.381. The Morgan fingerprint density at radius 1 is 0.929 bits per heavy atom. The molecule has 1 amide bonds. The van der Waals surface area contributed by atoms with E-state index in [1.165, 1.54) is 25.0 Å². The summed E-state index contributed by atoms with van der Waals surface area (Å²) >= 11 is 0. The Hall–Kier alpha value is -2.38. The molecule has 0 radical (unpaired) electrons. The van der Waals surface area contributed by atoms with Crippen LogP contribution in [0.3, 0.4) is 0 Å². The van der Waals surface area contributed by atoms with Crippen molar-refractivity contribution in [2.45, 2.75) is 43.5 Å². The molecule has 1 aliphatic rings. The van der Waals surface area contributed by atoms with Crippen molar-refractivity contribution in [1.82, 2.24) is 4.72 Å². The number of nitrogens with one attached hydrogen (secondary N) is 2. The molecule has 1 heterocycles. The van der Waals surface area contributed by atoms with Gasteiger partial charge in [-0.05, 0) is 44.0 Å². The number of hydrogen-bond donors (Lipinski definition) is 2. The third-order valence-electron chi connectivity index (χ3n) is 4.89. The summed E-state index contributed by atoms with van der Waals surface area (Å²) in [6.07, 6.45) is 4.72. The molecule has 1 aliphatic heterocycles. The minimum Gasteiger partial charge on any atom is -0.370 e. The fourth-order valence-corrected chi connectivity index (χ4v) is 4.59. The van der Waals surface area contributed by atoms with Crippen molar-refractivity contribution in [2.75, 3.05) is 23.3 Å². The van der Waals surface area contributed by atoms with Crippen molar-refractivity contribution >= 4 is 27.3 Å². The normalized spacial score (nSPS) is 16.2. The van der Waals surface area contributed by atoms with E-state index >= 15 is 0 Å². The lowest BCUT2D eigenvalue weighted by atomic mass is 10.2. The summed E-state index contributed by atoms with van der Waals surface area (Å²) in [4.78, 5) is 15.1. The van der Waals surface area contributed by atoms with E-state index in [0.29, 0.717) is 5.69 Å². The number of sulfonamides is 1. The van der Waals surface area contributed by atoms with E-state index in [-0.39, 0.29) is 10.8 Å². The Morgan fingerprint density at radius 3 is 2.21 bits per heavy atom. The lowest BCUT2D eigenvalue weighted by Crippen LogP contribution is -2.41. The van der Waals surface area contributed by atoms with Gasteiger partial charge >= 0.3 is 0 Å². The predicted molar refractivity (Wildman–Crippen MR) is 112 cm³/mol. The standard InChI is InChI=1S/C21H27N3O3S/c1-17(23-28(26,27)18-11-5-4-6-12-18)21(25)22-19-13-7-8-14-20(19)24-15-9-2-3-10-16-24/h4-8,11-14,17,23H,2-3,9-10,15-16H2,1H3,(H,22,25)/t17-/m0/s1. The van der Waals surface area contributed by atoms with Gasteiger partial charge in [-0.15, -0.1) is 0 Å². The van der Waals surface area contributed by atoms with Crippen LogP contribution in [-0.4, -0.2) is 33.5 Å². The summed E-state index contributed by atoms with van der Waals surface area (Å²) < 4.78 is 27.4. The van der Waals surface area contributed by atoms with E-state index < -0.39 is 16.1 Å². The minimum atomic E-state index is -3.75. The van der Waals surface area contributed by atoms with Crippen LogP contribution in [-0.2, 0) is 14.8 Å². The number of nitrogens with zero attached hydrogens (tertiary/aromatic N) is 1. The molecular formula is C21H27N3O3S. The zero-order chi connectivity index (χ0) is 20.0. The number of hydrogen-bond acceptors (Lipinski definition) is 4. The highest BCUT2D eigenvalue weighted by atomic mass is 32.2. The zero-order valence-electron chi connectivity index (χ0n) is 16.1. The number of carbonyl (C=O) groups excluding carboxylic acids is 1. The number of rotatable bonds is 6. The van der Waals surface area contributed by atoms with Gasteiger partial charge in [-0.3, -0.25) is 4.79 Å². The Balaban J connectivity index is 1.71. The Kier molecular flexibility index (Phi) is 6.70. The maximum absolute atomic E-state index is 12.7. The van der Waals surface area contributed by atoms with Crippen LogP contribution in [0.4, 0.5) is 11.4 Å². The largest absolute Gasteiger partial charge is 0.370 e. The summed E-state index contributed by atoms with van der Waals surface area (Å²) in [5.74, 6) is -0.387. The smallest absolute Gasteiger partial charge is 0.242 e. The van der Waals surface area contributed by atoms with Crippen molar-refractivity contribution in [1.29, 1.82) is 0 Å². The second-order valence-electron chi connectivity index (χ2n) is 7.06. The van der Waals surface area contributed by atoms with Gasteiger partial charge in [0.2, 0.25) is 15.9 Å². The first-order chi connectivity index (χ1) is 13.5. The first-order valence-corrected chi connectivity index (χ1v) is 11.2. The molecule has 1 saturated heterocycles. The van der Waals surface area contributed by atoms with Crippen LogP contribution in [0.1, 0.15) is 32.6 Å². The Bertz CT molecular complexity index is 892. The van der Waals surface area contributed by atoms with Crippen LogP contribution < -0.4 is 14.9 Å². The summed E-state index contributed by atoms with van der Waals surface area (Å²) in [6.45, 7) is 3.47. The molecule has 1 fully saturated rings. The molecule has 0 saturated carbocycles. The zero-order valence-corrected chi connectivity index (χ0v) is 16.9. The monoisotopic (exact) mass is 401 g/mol. The number of anilines is 2. The molecule has 1 atom stereocenters. The van der Waals surface area contributed by atoms with E-state index in [1.807, 2.05) is 24.3 Å². The number of para-hydroxylation sites is 2. The first-order valence-electron chi connectivity index (χ1n) is 9.69. The SMILES string of the molecule is C[C@H](NS(=O)(=O)c1ccccc1)C(=O)Nc1ccccc1N1CCCCCC1. The van der Waals surface area contributed by atoms with E-state index in [4.69, 9.17) is 0 Å². The van der Waals surface area contributed by atoms with Gasteiger partial charge in [0, 0.05) is 13.1 Å².